The number of sulfonamides is 1. The van der Waals surface area contributed by atoms with E-state index in [2.05, 4.69) is 31.8 Å². The second-order valence-corrected chi connectivity index (χ2v) is 8.44. The smallest absolute Gasteiger partial charge is 0.240 e. The van der Waals surface area contributed by atoms with Gasteiger partial charge in [-0.15, -0.1) is 24.0 Å². The van der Waals surface area contributed by atoms with E-state index in [-0.39, 0.29) is 30.0 Å². The largest absolute Gasteiger partial charge is 0.352 e. The minimum Gasteiger partial charge on any atom is -0.352 e. The molecule has 0 saturated heterocycles. The summed E-state index contributed by atoms with van der Waals surface area (Å²) in [6, 6.07) is 9.11. The summed E-state index contributed by atoms with van der Waals surface area (Å²) in [7, 11) is -1.66. The lowest BCUT2D eigenvalue weighted by molar-refractivity contribution is 0.581. The molecule has 2 aromatic rings. The molecule has 1 fully saturated rings. The Hall–Kier alpha value is -1.17. The number of nitrogens with zero attached hydrogens (tertiary/aromatic N) is 1. The lowest BCUT2D eigenvalue weighted by Gasteiger charge is -2.12. The Morgan fingerprint density at radius 3 is 2.31 bits per heavy atom. The number of guanidine groups is 1. The van der Waals surface area contributed by atoms with Gasteiger partial charge in [-0.3, -0.25) is 4.99 Å². The van der Waals surface area contributed by atoms with E-state index in [9.17, 15) is 8.42 Å². The molecule has 3 rings (SSSR count). The van der Waals surface area contributed by atoms with Crippen LogP contribution in [-0.2, 0) is 23.1 Å². The number of nitrogens with one attached hydrogen (secondary N) is 3. The topological polar surface area (TPSA) is 82.6 Å². The predicted octanol–water partition coefficient (Wildman–Crippen LogP) is 2.67. The normalized spacial score (nSPS) is 14.6. The molecule has 0 spiro atoms. The van der Waals surface area contributed by atoms with E-state index in [0.717, 1.165) is 18.4 Å². The van der Waals surface area contributed by atoms with Crippen LogP contribution in [-0.4, -0.2) is 27.5 Å². The maximum atomic E-state index is 12.1. The average Bonchev–Trinajstić information content (AvgIpc) is 3.25. The minimum atomic E-state index is -3.39. The first-order valence-corrected chi connectivity index (χ1v) is 10.6. The molecule has 0 aliphatic heterocycles. The third-order valence-electron chi connectivity index (χ3n) is 3.86. The fraction of sp³-hybridized carbons (Fsp3) is 0.353. The molecule has 0 radical (unpaired) electrons. The van der Waals surface area contributed by atoms with Gasteiger partial charge in [-0.25, -0.2) is 13.1 Å². The van der Waals surface area contributed by atoms with Crippen molar-refractivity contribution in [1.29, 1.82) is 0 Å². The molecule has 1 aromatic carbocycles. The van der Waals surface area contributed by atoms with Crippen molar-refractivity contribution in [2.75, 3.05) is 7.05 Å². The fourth-order valence-electron chi connectivity index (χ4n) is 2.26. The molecule has 0 amide bonds. The highest BCUT2D eigenvalue weighted by Gasteiger charge is 2.27. The summed E-state index contributed by atoms with van der Waals surface area (Å²) in [4.78, 5) is 4.50. The van der Waals surface area contributed by atoms with Gasteiger partial charge in [0.05, 0.1) is 4.90 Å². The van der Waals surface area contributed by atoms with Crippen molar-refractivity contribution in [2.45, 2.75) is 36.9 Å². The first-order chi connectivity index (χ1) is 12.1. The maximum absolute atomic E-state index is 12.1. The van der Waals surface area contributed by atoms with E-state index < -0.39 is 10.0 Å². The Morgan fingerprint density at radius 1 is 1.12 bits per heavy atom. The fourth-order valence-corrected chi connectivity index (χ4v) is 4.23. The Labute approximate surface area is 175 Å². The van der Waals surface area contributed by atoms with Gasteiger partial charge in [0.2, 0.25) is 10.0 Å². The highest BCUT2D eigenvalue weighted by molar-refractivity contribution is 14.0. The molecule has 0 unspecified atom stereocenters. The zero-order valence-electron chi connectivity index (χ0n) is 14.4. The van der Waals surface area contributed by atoms with E-state index in [4.69, 9.17) is 0 Å². The minimum absolute atomic E-state index is 0. The number of halogens is 1. The van der Waals surface area contributed by atoms with Crippen LogP contribution in [0.5, 0.6) is 0 Å². The van der Waals surface area contributed by atoms with Gasteiger partial charge in [-0.05, 0) is 52.9 Å². The molecule has 1 aliphatic rings. The summed E-state index contributed by atoms with van der Waals surface area (Å²) in [6.07, 6.45) is 1.86. The molecular weight excluding hydrogens is 483 g/mol. The number of aliphatic imine (C=N–C) groups is 1. The van der Waals surface area contributed by atoms with Crippen molar-refractivity contribution in [2.24, 2.45) is 4.99 Å². The highest BCUT2D eigenvalue weighted by atomic mass is 127. The number of hydrogen-bond donors (Lipinski definition) is 3. The second-order valence-electron chi connectivity index (χ2n) is 5.95. The Balaban J connectivity index is 0.00000243. The Kier molecular flexibility index (Phi) is 7.86. The van der Waals surface area contributed by atoms with Crippen molar-refractivity contribution in [3.05, 3.63) is 52.2 Å². The monoisotopic (exact) mass is 506 g/mol. The van der Waals surface area contributed by atoms with E-state index in [1.807, 2.05) is 17.5 Å². The van der Waals surface area contributed by atoms with Crippen molar-refractivity contribution in [1.82, 2.24) is 15.4 Å². The van der Waals surface area contributed by atoms with Crippen LogP contribution in [0.4, 0.5) is 0 Å². The van der Waals surface area contributed by atoms with Crippen molar-refractivity contribution in [3.8, 4) is 0 Å². The molecular formula is C17H23IN4O2S2. The van der Waals surface area contributed by atoms with Gasteiger partial charge in [0.1, 0.15) is 0 Å². The van der Waals surface area contributed by atoms with Gasteiger partial charge in [-0.2, -0.15) is 11.3 Å². The molecule has 9 heteroatoms. The lowest BCUT2D eigenvalue weighted by atomic mass is 10.2. The molecule has 1 aromatic heterocycles. The standard InChI is InChI=1S/C17H22N4O2S2.HI/c1-18-17(20-11-14-8-9-24-12-14)19-10-13-2-6-16(7-3-13)25(22,23)21-15-4-5-15;/h2-3,6-9,12,15,21H,4-5,10-11H2,1H3,(H2,18,19,20);1H. The molecule has 3 N–H and O–H groups in total. The van der Waals surface area contributed by atoms with Crippen LogP contribution in [0.2, 0.25) is 0 Å². The molecule has 1 saturated carbocycles. The van der Waals surface area contributed by atoms with E-state index in [1.54, 1.807) is 30.5 Å². The van der Waals surface area contributed by atoms with Gasteiger partial charge in [-0.1, -0.05) is 12.1 Å². The molecule has 0 bridgehead atoms. The summed E-state index contributed by atoms with van der Waals surface area (Å²) in [5.74, 6) is 0.707. The van der Waals surface area contributed by atoms with Gasteiger partial charge in [0.25, 0.3) is 0 Å². The summed E-state index contributed by atoms with van der Waals surface area (Å²) in [5, 5.41) is 10.6. The second kappa shape index (κ2) is 9.67. The molecule has 6 nitrogen and oxygen atoms in total. The van der Waals surface area contributed by atoms with Crippen LogP contribution in [0.25, 0.3) is 0 Å². The van der Waals surface area contributed by atoms with Crippen LogP contribution in [0.3, 0.4) is 0 Å². The SMILES string of the molecule is CN=C(NCc1ccc(S(=O)(=O)NC2CC2)cc1)NCc1ccsc1.I. The van der Waals surface area contributed by atoms with Crippen LogP contribution >= 0.6 is 35.3 Å². The third-order valence-corrected chi connectivity index (χ3v) is 6.12. The summed E-state index contributed by atoms with van der Waals surface area (Å²) < 4.78 is 27.0. The Morgan fingerprint density at radius 2 is 1.77 bits per heavy atom. The zero-order chi connectivity index (χ0) is 17.7. The van der Waals surface area contributed by atoms with Crippen LogP contribution in [0.1, 0.15) is 24.0 Å². The molecule has 1 aliphatic carbocycles. The Bertz CT molecular complexity index is 817. The van der Waals surface area contributed by atoms with Crippen molar-refractivity contribution < 1.29 is 8.42 Å². The summed E-state index contributed by atoms with van der Waals surface area (Å²) in [5.41, 5.74) is 2.20. The quantitative estimate of drug-likeness (QED) is 0.307. The van der Waals surface area contributed by atoms with Gasteiger partial charge < -0.3 is 10.6 Å². The zero-order valence-corrected chi connectivity index (χ0v) is 18.4. The molecule has 1 heterocycles. The maximum Gasteiger partial charge on any atom is 0.240 e. The number of benzene rings is 1. The lowest BCUT2D eigenvalue weighted by Crippen LogP contribution is -2.36. The van der Waals surface area contributed by atoms with E-state index in [1.165, 1.54) is 5.56 Å². The molecule has 26 heavy (non-hydrogen) atoms. The van der Waals surface area contributed by atoms with E-state index in [0.29, 0.717) is 23.9 Å². The number of hydrogen-bond acceptors (Lipinski definition) is 4. The first kappa shape index (κ1) is 21.1. The third kappa shape index (κ3) is 6.22. The van der Waals surface area contributed by atoms with Crippen LogP contribution in [0.15, 0.2) is 51.0 Å². The van der Waals surface area contributed by atoms with E-state index >= 15 is 0 Å². The molecule has 0 atom stereocenters. The van der Waals surface area contributed by atoms with Gasteiger partial charge >= 0.3 is 0 Å². The number of thiophene rings is 1. The molecule has 142 valence electrons. The number of rotatable bonds is 7. The predicted molar refractivity (Wildman–Crippen MR) is 117 cm³/mol. The highest BCUT2D eigenvalue weighted by Crippen LogP contribution is 2.22. The van der Waals surface area contributed by atoms with Crippen molar-refractivity contribution in [3.63, 3.8) is 0 Å². The van der Waals surface area contributed by atoms with Gasteiger partial charge in [0, 0.05) is 26.2 Å². The van der Waals surface area contributed by atoms with Crippen molar-refractivity contribution >= 4 is 51.3 Å². The van der Waals surface area contributed by atoms with Crippen LogP contribution < -0.4 is 15.4 Å². The van der Waals surface area contributed by atoms with Crippen LogP contribution in [0, 0.1) is 0 Å². The summed E-state index contributed by atoms with van der Waals surface area (Å²) in [6.45, 7) is 1.28. The summed E-state index contributed by atoms with van der Waals surface area (Å²) >= 11 is 1.67. The first-order valence-electron chi connectivity index (χ1n) is 8.14. The van der Waals surface area contributed by atoms with Gasteiger partial charge in [0.15, 0.2) is 5.96 Å². The average molecular weight is 506 g/mol.